The highest BCUT2D eigenvalue weighted by atomic mass is 32.2. The first kappa shape index (κ1) is 17.5. The highest BCUT2D eigenvalue weighted by molar-refractivity contribution is 8.00. The van der Waals surface area contributed by atoms with Gasteiger partial charge in [-0.05, 0) is 24.3 Å². The predicted octanol–water partition coefficient (Wildman–Crippen LogP) is 2.11. The fourth-order valence-corrected chi connectivity index (χ4v) is 3.58. The molecule has 0 bridgehead atoms. The molecule has 1 saturated heterocycles. The van der Waals surface area contributed by atoms with Crippen LogP contribution in [0.3, 0.4) is 0 Å². The van der Waals surface area contributed by atoms with Crippen LogP contribution < -0.4 is 4.90 Å². The third kappa shape index (κ3) is 3.26. The number of non-ortho nitro benzene ring substituents is 1. The number of pyridine rings is 1. The molecule has 0 spiro atoms. The van der Waals surface area contributed by atoms with E-state index in [0.29, 0.717) is 0 Å². The first-order valence-corrected chi connectivity index (χ1v) is 8.22. The van der Waals surface area contributed by atoms with Crippen molar-refractivity contribution in [2.24, 2.45) is 0 Å². The molecule has 26 heavy (non-hydrogen) atoms. The third-order valence-electron chi connectivity index (χ3n) is 3.68. The van der Waals surface area contributed by atoms with Gasteiger partial charge in [0.25, 0.3) is 5.69 Å². The molecule has 1 aromatic carbocycles. The maximum atomic E-state index is 12.6. The van der Waals surface area contributed by atoms with Gasteiger partial charge in [0, 0.05) is 24.8 Å². The Bertz CT molecular complexity index is 914. The van der Waals surface area contributed by atoms with Crippen molar-refractivity contribution in [3.05, 3.63) is 58.3 Å². The van der Waals surface area contributed by atoms with E-state index in [9.17, 15) is 29.6 Å². The molecular weight excluding hydrogens is 362 g/mol. The molecule has 1 fully saturated rings. The van der Waals surface area contributed by atoms with Crippen molar-refractivity contribution in [2.75, 3.05) is 4.90 Å². The van der Waals surface area contributed by atoms with Crippen molar-refractivity contribution in [1.82, 2.24) is 4.98 Å². The number of carbonyl (C=O) groups is 3. The van der Waals surface area contributed by atoms with Gasteiger partial charge in [-0.1, -0.05) is 11.8 Å². The van der Waals surface area contributed by atoms with Crippen LogP contribution in [0.25, 0.3) is 0 Å². The van der Waals surface area contributed by atoms with Crippen molar-refractivity contribution in [3.63, 3.8) is 0 Å². The summed E-state index contributed by atoms with van der Waals surface area (Å²) >= 11 is 0.912. The number of rotatable bonds is 5. The number of hydrogen-bond donors (Lipinski definition) is 1. The zero-order chi connectivity index (χ0) is 18.8. The van der Waals surface area contributed by atoms with E-state index in [1.54, 1.807) is 0 Å². The molecule has 0 unspecified atom stereocenters. The van der Waals surface area contributed by atoms with Gasteiger partial charge in [-0.25, -0.2) is 14.7 Å². The number of carbonyl (C=O) groups excluding carboxylic acids is 2. The topological polar surface area (TPSA) is 131 Å². The Labute approximate surface area is 150 Å². The number of carboxylic acids is 1. The molecule has 0 saturated carbocycles. The first-order valence-electron chi connectivity index (χ1n) is 7.34. The molecule has 2 heterocycles. The maximum Gasteiger partial charge on any atom is 0.338 e. The van der Waals surface area contributed by atoms with E-state index in [0.717, 1.165) is 16.7 Å². The lowest BCUT2D eigenvalue weighted by molar-refractivity contribution is -0.384. The number of aromatic nitrogens is 1. The van der Waals surface area contributed by atoms with E-state index in [1.807, 2.05) is 0 Å². The van der Waals surface area contributed by atoms with Gasteiger partial charge in [0.1, 0.15) is 5.03 Å². The van der Waals surface area contributed by atoms with Gasteiger partial charge in [0.15, 0.2) is 0 Å². The highest BCUT2D eigenvalue weighted by Crippen LogP contribution is 2.34. The van der Waals surface area contributed by atoms with Crippen LogP contribution in [0, 0.1) is 10.1 Å². The van der Waals surface area contributed by atoms with Crippen LogP contribution in [-0.4, -0.2) is 38.0 Å². The molecule has 1 N–H and O–H groups in total. The number of nitro groups is 1. The summed E-state index contributed by atoms with van der Waals surface area (Å²) in [6.45, 7) is 0. The summed E-state index contributed by atoms with van der Waals surface area (Å²) in [5, 5.41) is 19.2. The second-order valence-electron chi connectivity index (χ2n) is 5.31. The van der Waals surface area contributed by atoms with Crippen LogP contribution in [-0.2, 0) is 9.59 Å². The lowest BCUT2D eigenvalue weighted by Crippen LogP contribution is -2.31. The number of amides is 2. The van der Waals surface area contributed by atoms with E-state index in [4.69, 9.17) is 0 Å². The van der Waals surface area contributed by atoms with Gasteiger partial charge >= 0.3 is 5.97 Å². The molecular formula is C16H11N3O6S. The normalized spacial score (nSPS) is 16.8. The standard InChI is InChI=1S/C16H11N3O6S/c20-13-8-12(26-14-11(16(22)23)2-1-7-17-14)15(21)18(13)9-3-5-10(6-4-9)19(24)25/h1-7,12H,8H2,(H,22,23)/t12-/m1/s1. The number of hydrogen-bond acceptors (Lipinski definition) is 7. The number of benzene rings is 1. The van der Waals surface area contributed by atoms with Crippen LogP contribution in [0.5, 0.6) is 0 Å². The third-order valence-corrected chi connectivity index (χ3v) is 4.88. The molecule has 132 valence electrons. The van der Waals surface area contributed by atoms with E-state index >= 15 is 0 Å². The first-order chi connectivity index (χ1) is 12.4. The molecule has 0 aliphatic carbocycles. The summed E-state index contributed by atoms with van der Waals surface area (Å²) in [5.74, 6) is -2.16. The summed E-state index contributed by atoms with van der Waals surface area (Å²) in [6.07, 6.45) is 1.29. The van der Waals surface area contributed by atoms with Crippen molar-refractivity contribution in [1.29, 1.82) is 0 Å². The average Bonchev–Trinajstić information content (AvgIpc) is 2.89. The van der Waals surface area contributed by atoms with Crippen molar-refractivity contribution in [2.45, 2.75) is 16.7 Å². The molecule has 10 heteroatoms. The van der Waals surface area contributed by atoms with Crippen molar-refractivity contribution < 1.29 is 24.4 Å². The monoisotopic (exact) mass is 373 g/mol. The fraction of sp³-hybridized carbons (Fsp3) is 0.125. The summed E-state index contributed by atoms with van der Waals surface area (Å²) < 4.78 is 0. The van der Waals surface area contributed by atoms with Crippen LogP contribution in [0.4, 0.5) is 11.4 Å². The quantitative estimate of drug-likeness (QED) is 0.479. The fourth-order valence-electron chi connectivity index (χ4n) is 2.47. The molecule has 1 atom stereocenters. The zero-order valence-electron chi connectivity index (χ0n) is 13.1. The van der Waals surface area contributed by atoms with Gasteiger partial charge in [-0.3, -0.25) is 19.7 Å². The Balaban J connectivity index is 1.83. The zero-order valence-corrected chi connectivity index (χ0v) is 13.9. The Morgan fingerprint density at radius 1 is 1.27 bits per heavy atom. The summed E-state index contributed by atoms with van der Waals surface area (Å²) in [4.78, 5) is 51.1. The smallest absolute Gasteiger partial charge is 0.338 e. The Kier molecular flexibility index (Phi) is 4.67. The van der Waals surface area contributed by atoms with Crippen LogP contribution in [0.1, 0.15) is 16.8 Å². The number of thioether (sulfide) groups is 1. The molecule has 9 nitrogen and oxygen atoms in total. The summed E-state index contributed by atoms with van der Waals surface area (Å²) in [6, 6.07) is 7.90. The molecule has 1 aliphatic rings. The van der Waals surface area contributed by atoms with E-state index in [2.05, 4.69) is 4.98 Å². The minimum absolute atomic E-state index is 0.0495. The van der Waals surface area contributed by atoms with E-state index in [1.165, 1.54) is 42.6 Å². The molecule has 3 rings (SSSR count). The molecule has 0 radical (unpaired) electrons. The number of aromatic carboxylic acids is 1. The highest BCUT2D eigenvalue weighted by Gasteiger charge is 2.41. The van der Waals surface area contributed by atoms with Crippen LogP contribution in [0.2, 0.25) is 0 Å². The average molecular weight is 373 g/mol. The lowest BCUT2D eigenvalue weighted by Gasteiger charge is -2.14. The molecule has 1 aliphatic heterocycles. The maximum absolute atomic E-state index is 12.6. The van der Waals surface area contributed by atoms with Crippen LogP contribution >= 0.6 is 11.8 Å². The largest absolute Gasteiger partial charge is 0.478 e. The number of anilines is 1. The van der Waals surface area contributed by atoms with Crippen molar-refractivity contribution >= 4 is 40.9 Å². The SMILES string of the molecule is O=C(O)c1cccnc1S[C@@H]1CC(=O)N(c2ccc([N+](=O)[O-])cc2)C1=O. The number of carboxylic acid groups (broad SMARTS) is 1. The van der Waals surface area contributed by atoms with Gasteiger partial charge < -0.3 is 5.11 Å². The van der Waals surface area contributed by atoms with Gasteiger partial charge in [-0.15, -0.1) is 0 Å². The van der Waals surface area contributed by atoms with Crippen LogP contribution in [0.15, 0.2) is 47.6 Å². The van der Waals surface area contributed by atoms with E-state index < -0.39 is 28.0 Å². The Morgan fingerprint density at radius 2 is 1.96 bits per heavy atom. The van der Waals surface area contributed by atoms with E-state index in [-0.39, 0.29) is 28.4 Å². The Hall–Kier alpha value is -3.27. The van der Waals surface area contributed by atoms with Gasteiger partial charge in [0.2, 0.25) is 11.8 Å². The minimum atomic E-state index is -1.18. The second-order valence-corrected chi connectivity index (χ2v) is 6.50. The van der Waals surface area contributed by atoms with Crippen molar-refractivity contribution in [3.8, 4) is 0 Å². The molecule has 2 amide bonds. The minimum Gasteiger partial charge on any atom is -0.478 e. The Morgan fingerprint density at radius 3 is 2.58 bits per heavy atom. The predicted molar refractivity (Wildman–Crippen MR) is 91.0 cm³/mol. The summed E-state index contributed by atoms with van der Waals surface area (Å²) in [7, 11) is 0. The lowest BCUT2D eigenvalue weighted by atomic mass is 10.2. The summed E-state index contributed by atoms with van der Waals surface area (Å²) in [5.41, 5.74) is 0.0260. The number of nitro benzene ring substituents is 1. The van der Waals surface area contributed by atoms with Gasteiger partial charge in [0.05, 0.1) is 21.4 Å². The number of imide groups is 1. The molecule has 2 aromatic rings. The van der Waals surface area contributed by atoms with Gasteiger partial charge in [-0.2, -0.15) is 0 Å². The number of nitrogens with zero attached hydrogens (tertiary/aromatic N) is 3. The molecule has 1 aromatic heterocycles. The second kappa shape index (κ2) is 6.92.